The van der Waals surface area contributed by atoms with Crippen molar-refractivity contribution >= 4 is 34.0 Å². The zero-order chi connectivity index (χ0) is 24.4. The summed E-state index contributed by atoms with van der Waals surface area (Å²) in [7, 11) is 0. The molecule has 2 aromatic heterocycles. The predicted octanol–water partition coefficient (Wildman–Crippen LogP) is 6.03. The van der Waals surface area contributed by atoms with E-state index in [9.17, 15) is 13.6 Å². The summed E-state index contributed by atoms with van der Waals surface area (Å²) in [6.45, 7) is 0.136. The summed E-state index contributed by atoms with van der Waals surface area (Å²) >= 11 is 6.44. The molecule has 174 valence electrons. The Hall–Kier alpha value is -4.30. The molecule has 2 heterocycles. The monoisotopic (exact) mass is 490 g/mol. The SMILES string of the molecule is O=c1cc(Nc2ccc(F)cc2)c2cncnc2n1-c1ccc(OCc2cccc(F)c2)c(Cl)c1. The van der Waals surface area contributed by atoms with Crippen LogP contribution in [0.15, 0.2) is 90.1 Å². The van der Waals surface area contributed by atoms with Crippen LogP contribution in [-0.2, 0) is 6.61 Å². The minimum absolute atomic E-state index is 0.136. The maximum absolute atomic E-state index is 13.4. The third-order valence-electron chi connectivity index (χ3n) is 5.26. The molecule has 0 unspecified atom stereocenters. The number of nitrogens with zero attached hydrogens (tertiary/aromatic N) is 3. The summed E-state index contributed by atoms with van der Waals surface area (Å²) in [5.74, 6) is -0.321. The molecule has 0 bridgehead atoms. The average Bonchev–Trinajstić information content (AvgIpc) is 2.85. The molecule has 0 radical (unpaired) electrons. The van der Waals surface area contributed by atoms with Crippen molar-refractivity contribution in [2.45, 2.75) is 6.61 Å². The van der Waals surface area contributed by atoms with E-state index in [-0.39, 0.29) is 28.8 Å². The maximum atomic E-state index is 13.4. The van der Waals surface area contributed by atoms with Gasteiger partial charge in [0.25, 0.3) is 5.56 Å². The van der Waals surface area contributed by atoms with E-state index in [1.165, 1.54) is 41.2 Å². The molecule has 0 amide bonds. The number of hydrogen-bond acceptors (Lipinski definition) is 5. The second-order valence-corrected chi connectivity index (χ2v) is 8.06. The summed E-state index contributed by atoms with van der Waals surface area (Å²) in [4.78, 5) is 21.5. The zero-order valence-corrected chi connectivity index (χ0v) is 18.8. The molecule has 35 heavy (non-hydrogen) atoms. The second-order valence-electron chi connectivity index (χ2n) is 7.66. The topological polar surface area (TPSA) is 69.0 Å². The molecule has 5 rings (SSSR count). The first kappa shape index (κ1) is 22.5. The molecular weight excluding hydrogens is 474 g/mol. The summed E-state index contributed by atoms with van der Waals surface area (Å²) in [5, 5.41) is 3.98. The van der Waals surface area contributed by atoms with Gasteiger partial charge in [-0.05, 0) is 60.2 Å². The van der Waals surface area contributed by atoms with Crippen LogP contribution in [0.4, 0.5) is 20.2 Å². The van der Waals surface area contributed by atoms with Crippen molar-refractivity contribution in [2.24, 2.45) is 0 Å². The van der Waals surface area contributed by atoms with Gasteiger partial charge in [-0.25, -0.2) is 18.7 Å². The Morgan fingerprint density at radius 1 is 0.971 bits per heavy atom. The van der Waals surface area contributed by atoms with Gasteiger partial charge in [-0.1, -0.05) is 23.7 Å². The molecule has 0 atom stereocenters. The fourth-order valence-corrected chi connectivity index (χ4v) is 3.87. The number of hydrogen-bond donors (Lipinski definition) is 1. The summed E-state index contributed by atoms with van der Waals surface area (Å²) in [5.41, 5.74) is 2.24. The number of benzene rings is 3. The van der Waals surface area contributed by atoms with E-state index in [0.29, 0.717) is 39.4 Å². The van der Waals surface area contributed by atoms with Crippen molar-refractivity contribution in [3.63, 3.8) is 0 Å². The third kappa shape index (κ3) is 4.83. The van der Waals surface area contributed by atoms with Crippen molar-refractivity contribution in [1.82, 2.24) is 14.5 Å². The minimum Gasteiger partial charge on any atom is -0.487 e. The van der Waals surface area contributed by atoms with Gasteiger partial charge in [0.1, 0.15) is 30.3 Å². The van der Waals surface area contributed by atoms with E-state index in [1.54, 1.807) is 48.7 Å². The summed E-state index contributed by atoms with van der Waals surface area (Å²) in [6.07, 6.45) is 2.93. The van der Waals surface area contributed by atoms with Gasteiger partial charge in [0, 0.05) is 18.0 Å². The first-order valence-corrected chi connectivity index (χ1v) is 10.9. The van der Waals surface area contributed by atoms with Gasteiger partial charge in [-0.3, -0.25) is 9.36 Å². The minimum atomic E-state index is -0.362. The van der Waals surface area contributed by atoms with E-state index in [4.69, 9.17) is 16.3 Å². The van der Waals surface area contributed by atoms with Gasteiger partial charge in [0.2, 0.25) is 0 Å². The molecule has 0 aliphatic carbocycles. The highest BCUT2D eigenvalue weighted by Gasteiger charge is 2.14. The molecule has 0 fully saturated rings. The molecule has 0 saturated heterocycles. The van der Waals surface area contributed by atoms with E-state index in [0.717, 1.165) is 0 Å². The standard InChI is InChI=1S/C26H17ClF2N4O2/c27-22-11-20(8-9-24(22)35-14-16-2-1-3-18(29)10-16)33-25(34)12-23(21-13-30-15-31-26(21)33)32-19-6-4-17(28)5-7-19/h1-13,15,32H,14H2. The van der Waals surface area contributed by atoms with Gasteiger partial charge < -0.3 is 10.1 Å². The Morgan fingerprint density at radius 3 is 2.57 bits per heavy atom. The van der Waals surface area contributed by atoms with Crippen LogP contribution in [0.2, 0.25) is 5.02 Å². The van der Waals surface area contributed by atoms with Crippen LogP contribution >= 0.6 is 11.6 Å². The van der Waals surface area contributed by atoms with Crippen molar-refractivity contribution in [2.75, 3.05) is 5.32 Å². The number of fused-ring (bicyclic) bond motifs is 1. The largest absolute Gasteiger partial charge is 0.487 e. The number of rotatable bonds is 6. The Labute approximate surface area is 203 Å². The lowest BCUT2D eigenvalue weighted by atomic mass is 10.2. The van der Waals surface area contributed by atoms with Crippen molar-refractivity contribution in [1.29, 1.82) is 0 Å². The Balaban J connectivity index is 1.48. The van der Waals surface area contributed by atoms with Gasteiger partial charge in [-0.2, -0.15) is 0 Å². The Bertz CT molecular complexity index is 1590. The summed E-state index contributed by atoms with van der Waals surface area (Å²) < 4.78 is 33.8. The lowest BCUT2D eigenvalue weighted by Crippen LogP contribution is -2.19. The number of ether oxygens (including phenoxy) is 1. The van der Waals surface area contributed by atoms with Gasteiger partial charge in [0.15, 0.2) is 5.65 Å². The highest BCUT2D eigenvalue weighted by Crippen LogP contribution is 2.30. The van der Waals surface area contributed by atoms with Crippen LogP contribution in [0.25, 0.3) is 16.7 Å². The van der Waals surface area contributed by atoms with E-state index < -0.39 is 0 Å². The molecule has 5 aromatic rings. The molecule has 0 aliphatic rings. The molecule has 6 nitrogen and oxygen atoms in total. The normalized spacial score (nSPS) is 10.9. The fourth-order valence-electron chi connectivity index (χ4n) is 3.64. The second kappa shape index (κ2) is 9.52. The number of halogens is 3. The fraction of sp³-hybridized carbons (Fsp3) is 0.0385. The molecule has 0 spiro atoms. The Morgan fingerprint density at radius 2 is 1.80 bits per heavy atom. The predicted molar refractivity (Wildman–Crippen MR) is 131 cm³/mol. The van der Waals surface area contributed by atoms with Crippen LogP contribution in [0, 0.1) is 11.6 Å². The highest BCUT2D eigenvalue weighted by atomic mass is 35.5. The number of anilines is 2. The first-order valence-electron chi connectivity index (χ1n) is 10.5. The van der Waals surface area contributed by atoms with E-state index in [1.807, 2.05) is 0 Å². The number of nitrogens with one attached hydrogen (secondary N) is 1. The zero-order valence-electron chi connectivity index (χ0n) is 18.1. The molecule has 3 aromatic carbocycles. The molecular formula is C26H17ClF2N4O2. The van der Waals surface area contributed by atoms with Gasteiger partial charge in [-0.15, -0.1) is 0 Å². The van der Waals surface area contributed by atoms with E-state index >= 15 is 0 Å². The smallest absolute Gasteiger partial charge is 0.258 e. The molecule has 9 heteroatoms. The summed E-state index contributed by atoms with van der Waals surface area (Å²) in [6, 6.07) is 18.2. The third-order valence-corrected chi connectivity index (χ3v) is 5.56. The van der Waals surface area contributed by atoms with Crippen LogP contribution in [0.3, 0.4) is 0 Å². The van der Waals surface area contributed by atoms with Crippen LogP contribution in [-0.4, -0.2) is 14.5 Å². The quantitative estimate of drug-likeness (QED) is 0.314. The van der Waals surface area contributed by atoms with Crippen LogP contribution in [0.5, 0.6) is 5.75 Å². The van der Waals surface area contributed by atoms with E-state index in [2.05, 4.69) is 15.3 Å². The molecule has 0 saturated carbocycles. The van der Waals surface area contributed by atoms with Crippen LogP contribution < -0.4 is 15.6 Å². The highest BCUT2D eigenvalue weighted by molar-refractivity contribution is 6.32. The lowest BCUT2D eigenvalue weighted by molar-refractivity contribution is 0.306. The van der Waals surface area contributed by atoms with Gasteiger partial charge >= 0.3 is 0 Å². The van der Waals surface area contributed by atoms with Crippen molar-refractivity contribution in [3.05, 3.63) is 118 Å². The molecule has 0 aliphatic heterocycles. The Kier molecular flexibility index (Phi) is 6.12. The molecule has 1 N–H and O–H groups in total. The first-order chi connectivity index (χ1) is 17.0. The van der Waals surface area contributed by atoms with Gasteiger partial charge in [0.05, 0.1) is 21.8 Å². The number of aromatic nitrogens is 3. The average molecular weight is 491 g/mol. The van der Waals surface area contributed by atoms with Crippen LogP contribution in [0.1, 0.15) is 5.56 Å². The van der Waals surface area contributed by atoms with Crippen molar-refractivity contribution < 1.29 is 13.5 Å². The van der Waals surface area contributed by atoms with Crippen molar-refractivity contribution in [3.8, 4) is 11.4 Å². The lowest BCUT2D eigenvalue weighted by Gasteiger charge is -2.15. The maximum Gasteiger partial charge on any atom is 0.258 e. The number of pyridine rings is 1.